The summed E-state index contributed by atoms with van der Waals surface area (Å²) in [6.07, 6.45) is -0.771. The number of aliphatic hydroxyl groups excluding tert-OH is 1. The first-order valence-electron chi connectivity index (χ1n) is 4.85. The Kier molecular flexibility index (Phi) is 4.39. The predicted octanol–water partition coefficient (Wildman–Crippen LogP) is 0.417. The van der Waals surface area contributed by atoms with Gasteiger partial charge in [-0.25, -0.2) is 12.1 Å². The van der Waals surface area contributed by atoms with Gasteiger partial charge >= 0.3 is 5.97 Å². The topological polar surface area (TPSA) is 58.6 Å². The van der Waals surface area contributed by atoms with E-state index in [9.17, 15) is 9.90 Å². The van der Waals surface area contributed by atoms with Gasteiger partial charge in [0, 0.05) is 0 Å². The maximum atomic E-state index is 11.3. The molecule has 15 heavy (non-hydrogen) atoms. The minimum Gasteiger partial charge on any atom is -0.468 e. The van der Waals surface area contributed by atoms with Crippen LogP contribution in [0.25, 0.3) is 0 Å². The Labute approximate surface area is 89.2 Å². The molecule has 0 aliphatic rings. The molecule has 0 amide bonds. The number of carbonyl (C=O) groups excluding carboxylic acids is 1. The van der Waals surface area contributed by atoms with Gasteiger partial charge in [0.25, 0.3) is 0 Å². The van der Waals surface area contributed by atoms with E-state index < -0.39 is 18.1 Å². The van der Waals surface area contributed by atoms with Crippen molar-refractivity contribution in [3.05, 3.63) is 29.8 Å². The highest BCUT2D eigenvalue weighted by molar-refractivity contribution is 5.76. The van der Waals surface area contributed by atoms with Gasteiger partial charge in [-0.1, -0.05) is 0 Å². The van der Waals surface area contributed by atoms with Crippen molar-refractivity contribution in [3.63, 3.8) is 0 Å². The Balaban J connectivity index is 2.49. The second kappa shape index (κ2) is 5.58. The van der Waals surface area contributed by atoms with Crippen LogP contribution in [0.15, 0.2) is 24.3 Å². The fourth-order valence-corrected chi connectivity index (χ4v) is 1.34. The van der Waals surface area contributed by atoms with Crippen molar-refractivity contribution in [1.29, 1.82) is 0 Å². The summed E-state index contributed by atoms with van der Waals surface area (Å²) in [5.41, 5.74) is 1.07. The summed E-state index contributed by atoms with van der Waals surface area (Å²) in [7, 11) is 1.31. The van der Waals surface area contributed by atoms with Crippen LogP contribution in [0, 0.1) is 0 Å². The molecule has 0 radical (unpaired) electrons. The highest BCUT2D eigenvalue weighted by Gasteiger charge is 2.23. The molecule has 1 rings (SSSR count). The van der Waals surface area contributed by atoms with Gasteiger partial charge in [0.05, 0.1) is 13.2 Å². The first-order chi connectivity index (χ1) is 7.15. The molecular weight excluding hydrogens is 194 g/mol. The zero-order chi connectivity index (χ0) is 11.3. The molecule has 2 N–H and O–H groups in total. The van der Waals surface area contributed by atoms with Crippen molar-refractivity contribution in [2.45, 2.75) is 25.6 Å². The van der Waals surface area contributed by atoms with Gasteiger partial charge in [0.15, 0.2) is 0 Å². The molecule has 0 saturated heterocycles. The summed E-state index contributed by atoms with van der Waals surface area (Å²) in [6.45, 7) is 2.09. The minimum atomic E-state index is -0.771. The third kappa shape index (κ3) is 3.42. The van der Waals surface area contributed by atoms with Crippen molar-refractivity contribution in [3.8, 4) is 0 Å². The molecular formula is C11H16NO3-. The van der Waals surface area contributed by atoms with Crippen molar-refractivity contribution in [2.24, 2.45) is 0 Å². The molecule has 2 atom stereocenters. The molecule has 0 heterocycles. The lowest BCUT2D eigenvalue weighted by Crippen LogP contribution is -2.45. The van der Waals surface area contributed by atoms with E-state index in [1.165, 1.54) is 7.11 Å². The number of esters is 1. The SMILES string of the molecule is COC(=O)[C@@H](NCc1ccc[cH-]1)[C@@H](C)O. The Morgan fingerprint density at radius 2 is 2.47 bits per heavy atom. The monoisotopic (exact) mass is 210 g/mol. The smallest absolute Gasteiger partial charge is 0.325 e. The van der Waals surface area contributed by atoms with Crippen LogP contribution in [0.5, 0.6) is 0 Å². The molecule has 0 bridgehead atoms. The molecule has 0 unspecified atom stereocenters. The van der Waals surface area contributed by atoms with E-state index in [4.69, 9.17) is 0 Å². The molecule has 0 aliphatic carbocycles. The molecule has 1 aromatic carbocycles. The third-order valence-electron chi connectivity index (χ3n) is 2.20. The van der Waals surface area contributed by atoms with E-state index in [0.29, 0.717) is 6.54 Å². The number of ether oxygens (including phenoxy) is 1. The largest absolute Gasteiger partial charge is 0.468 e. The quantitative estimate of drug-likeness (QED) is 0.546. The van der Waals surface area contributed by atoms with Crippen LogP contribution in [-0.4, -0.2) is 30.3 Å². The molecule has 1 aromatic rings. The summed E-state index contributed by atoms with van der Waals surface area (Å²) in [6, 6.07) is 7.07. The number of rotatable bonds is 5. The molecule has 84 valence electrons. The van der Waals surface area contributed by atoms with Crippen molar-refractivity contribution < 1.29 is 14.6 Å². The second-order valence-electron chi connectivity index (χ2n) is 3.42. The van der Waals surface area contributed by atoms with Crippen LogP contribution < -0.4 is 5.32 Å². The fourth-order valence-electron chi connectivity index (χ4n) is 1.34. The standard InChI is InChI=1S/C11H16NO3/c1-8(13)10(11(14)15-2)12-7-9-5-3-4-6-9/h3-6,8,10,12-13H,7H2,1-2H3/q-1/t8-,10+/m1/s1. The number of carbonyl (C=O) groups is 1. The van der Waals surface area contributed by atoms with Crippen molar-refractivity contribution >= 4 is 5.97 Å². The Bertz CT molecular complexity index is 293. The lowest BCUT2D eigenvalue weighted by atomic mass is 10.2. The Morgan fingerprint density at radius 1 is 1.73 bits per heavy atom. The number of methoxy groups -OCH3 is 1. The molecule has 0 aliphatic heterocycles. The number of nitrogens with one attached hydrogen (secondary N) is 1. The van der Waals surface area contributed by atoms with E-state index in [0.717, 1.165) is 5.56 Å². The average molecular weight is 210 g/mol. The fraction of sp³-hybridized carbons (Fsp3) is 0.455. The minimum absolute atomic E-state index is 0.448. The predicted molar refractivity (Wildman–Crippen MR) is 56.4 cm³/mol. The third-order valence-corrected chi connectivity index (χ3v) is 2.20. The van der Waals surface area contributed by atoms with Crippen LogP contribution in [-0.2, 0) is 16.1 Å². The van der Waals surface area contributed by atoms with Gasteiger partial charge < -0.3 is 15.2 Å². The lowest BCUT2D eigenvalue weighted by Gasteiger charge is -2.19. The molecule has 0 fully saturated rings. The van der Waals surface area contributed by atoms with Gasteiger partial charge in [-0.05, 0) is 13.5 Å². The Morgan fingerprint density at radius 3 is 2.93 bits per heavy atom. The van der Waals surface area contributed by atoms with E-state index >= 15 is 0 Å². The zero-order valence-electron chi connectivity index (χ0n) is 8.93. The number of hydrogen-bond donors (Lipinski definition) is 2. The van der Waals surface area contributed by atoms with Crippen LogP contribution in [0.2, 0.25) is 0 Å². The Hall–Kier alpha value is -1.26. The summed E-state index contributed by atoms with van der Waals surface area (Å²) in [5.74, 6) is -0.448. The van der Waals surface area contributed by atoms with Gasteiger partial charge in [-0.3, -0.25) is 4.79 Å². The maximum absolute atomic E-state index is 11.3. The van der Waals surface area contributed by atoms with Gasteiger partial charge in [-0.15, -0.1) is 0 Å². The molecule has 0 saturated carbocycles. The highest BCUT2D eigenvalue weighted by Crippen LogP contribution is 2.02. The first kappa shape index (κ1) is 11.8. The molecule has 0 aromatic heterocycles. The average Bonchev–Trinajstić information content (AvgIpc) is 2.70. The maximum Gasteiger partial charge on any atom is 0.325 e. The molecule has 0 spiro atoms. The second-order valence-corrected chi connectivity index (χ2v) is 3.42. The molecule has 4 heteroatoms. The number of aliphatic hydroxyl groups is 1. The van der Waals surface area contributed by atoms with E-state index in [2.05, 4.69) is 10.1 Å². The zero-order valence-corrected chi connectivity index (χ0v) is 8.93. The van der Waals surface area contributed by atoms with Gasteiger partial charge in [-0.2, -0.15) is 17.7 Å². The summed E-state index contributed by atoms with van der Waals surface area (Å²) < 4.78 is 4.58. The lowest BCUT2D eigenvalue weighted by molar-refractivity contribution is -0.145. The van der Waals surface area contributed by atoms with Crippen molar-refractivity contribution in [2.75, 3.05) is 7.11 Å². The van der Waals surface area contributed by atoms with Crippen LogP contribution in [0.3, 0.4) is 0 Å². The van der Waals surface area contributed by atoms with Gasteiger partial charge in [0.2, 0.25) is 0 Å². The van der Waals surface area contributed by atoms with E-state index in [-0.39, 0.29) is 0 Å². The van der Waals surface area contributed by atoms with E-state index in [1.807, 2.05) is 24.3 Å². The van der Waals surface area contributed by atoms with Gasteiger partial charge in [0.1, 0.15) is 6.04 Å². The van der Waals surface area contributed by atoms with E-state index in [1.54, 1.807) is 6.92 Å². The van der Waals surface area contributed by atoms with Crippen LogP contribution >= 0.6 is 0 Å². The molecule has 4 nitrogen and oxygen atoms in total. The van der Waals surface area contributed by atoms with Crippen LogP contribution in [0.1, 0.15) is 12.5 Å². The number of hydrogen-bond acceptors (Lipinski definition) is 4. The highest BCUT2D eigenvalue weighted by atomic mass is 16.5. The summed E-state index contributed by atoms with van der Waals surface area (Å²) in [4.78, 5) is 11.3. The first-order valence-corrected chi connectivity index (χ1v) is 4.85. The van der Waals surface area contributed by atoms with Crippen molar-refractivity contribution in [1.82, 2.24) is 5.32 Å². The van der Waals surface area contributed by atoms with Crippen LogP contribution in [0.4, 0.5) is 0 Å². The normalized spacial score (nSPS) is 14.6. The summed E-state index contributed by atoms with van der Waals surface area (Å²) in [5, 5.41) is 12.3. The summed E-state index contributed by atoms with van der Waals surface area (Å²) >= 11 is 0.